The molecule has 88 valence electrons. The minimum absolute atomic E-state index is 0.131. The lowest BCUT2D eigenvalue weighted by molar-refractivity contribution is 0.0937. The molecule has 1 aliphatic carbocycles. The molecule has 1 aromatic heterocycles. The van der Waals surface area contributed by atoms with E-state index in [-0.39, 0.29) is 11.9 Å². The number of amides is 1. The first kappa shape index (κ1) is 11.0. The monoisotopic (exact) mass is 222 g/mol. The second kappa shape index (κ2) is 3.81. The SMILES string of the molecule is CC1(C)CCC(NC(=O)c2cn[nH]c2N)C1. The summed E-state index contributed by atoms with van der Waals surface area (Å²) in [6, 6.07) is 0.261. The number of carbonyl (C=O) groups is 1. The number of carbonyl (C=O) groups excluding carboxylic acids is 1. The predicted octanol–water partition coefficient (Wildman–Crippen LogP) is 1.30. The van der Waals surface area contributed by atoms with Crippen LogP contribution in [0.25, 0.3) is 0 Å². The Morgan fingerprint density at radius 2 is 2.44 bits per heavy atom. The highest BCUT2D eigenvalue weighted by Crippen LogP contribution is 2.36. The van der Waals surface area contributed by atoms with Gasteiger partial charge in [-0.2, -0.15) is 5.10 Å². The number of H-pyrrole nitrogens is 1. The topological polar surface area (TPSA) is 83.8 Å². The molecule has 1 fully saturated rings. The van der Waals surface area contributed by atoms with Gasteiger partial charge in [0.15, 0.2) is 0 Å². The number of aromatic nitrogens is 2. The molecule has 0 aliphatic heterocycles. The number of anilines is 1. The zero-order chi connectivity index (χ0) is 11.8. The Balaban J connectivity index is 1.97. The van der Waals surface area contributed by atoms with Gasteiger partial charge < -0.3 is 11.1 Å². The van der Waals surface area contributed by atoms with Crippen LogP contribution in [0.3, 0.4) is 0 Å². The Kier molecular flexibility index (Phi) is 2.61. The summed E-state index contributed by atoms with van der Waals surface area (Å²) in [6.45, 7) is 4.46. The van der Waals surface area contributed by atoms with E-state index >= 15 is 0 Å². The fourth-order valence-corrected chi connectivity index (χ4v) is 2.30. The van der Waals surface area contributed by atoms with Crippen molar-refractivity contribution in [2.75, 3.05) is 5.73 Å². The van der Waals surface area contributed by atoms with E-state index in [0.717, 1.165) is 19.3 Å². The number of hydrogen-bond donors (Lipinski definition) is 3. The summed E-state index contributed by atoms with van der Waals surface area (Å²) in [6.07, 6.45) is 4.68. The summed E-state index contributed by atoms with van der Waals surface area (Å²) in [5, 5.41) is 9.29. The number of nitrogens with one attached hydrogen (secondary N) is 2. The largest absolute Gasteiger partial charge is 0.383 e. The van der Waals surface area contributed by atoms with Gasteiger partial charge in [0.2, 0.25) is 0 Å². The summed E-state index contributed by atoms with van der Waals surface area (Å²) in [5.74, 6) is 0.198. The Morgan fingerprint density at radius 3 is 2.94 bits per heavy atom. The van der Waals surface area contributed by atoms with E-state index in [4.69, 9.17) is 5.73 Å². The van der Waals surface area contributed by atoms with E-state index in [1.165, 1.54) is 6.20 Å². The molecule has 5 nitrogen and oxygen atoms in total. The Hall–Kier alpha value is -1.52. The summed E-state index contributed by atoms with van der Waals surface area (Å²) in [7, 11) is 0. The van der Waals surface area contributed by atoms with E-state index in [1.54, 1.807) is 0 Å². The number of nitrogens with zero attached hydrogens (tertiary/aromatic N) is 1. The Morgan fingerprint density at radius 1 is 1.69 bits per heavy atom. The van der Waals surface area contributed by atoms with Crippen molar-refractivity contribution in [2.45, 2.75) is 39.2 Å². The van der Waals surface area contributed by atoms with Crippen LogP contribution in [-0.2, 0) is 0 Å². The lowest BCUT2D eigenvalue weighted by Crippen LogP contribution is -2.33. The molecule has 1 unspecified atom stereocenters. The fraction of sp³-hybridized carbons (Fsp3) is 0.636. The molecule has 1 saturated carbocycles. The van der Waals surface area contributed by atoms with Crippen molar-refractivity contribution in [2.24, 2.45) is 5.41 Å². The fourth-order valence-electron chi connectivity index (χ4n) is 2.30. The molecule has 0 spiro atoms. The third kappa shape index (κ3) is 2.18. The second-order valence-electron chi connectivity index (χ2n) is 5.27. The highest BCUT2D eigenvalue weighted by atomic mass is 16.1. The molecule has 1 amide bonds. The van der Waals surface area contributed by atoms with Gasteiger partial charge in [0.1, 0.15) is 11.4 Å². The molecule has 0 aromatic carbocycles. The van der Waals surface area contributed by atoms with Gasteiger partial charge in [0.25, 0.3) is 5.91 Å². The number of nitrogens with two attached hydrogens (primary N) is 1. The summed E-state index contributed by atoms with van der Waals surface area (Å²) in [5.41, 5.74) is 6.36. The van der Waals surface area contributed by atoms with Gasteiger partial charge in [0, 0.05) is 6.04 Å². The number of hydrogen-bond acceptors (Lipinski definition) is 3. The maximum absolute atomic E-state index is 11.8. The third-order valence-corrected chi connectivity index (χ3v) is 3.22. The number of rotatable bonds is 2. The van der Waals surface area contributed by atoms with Crippen molar-refractivity contribution < 1.29 is 4.79 Å². The highest BCUT2D eigenvalue weighted by molar-refractivity contribution is 5.98. The standard InChI is InChI=1S/C11H18N4O/c1-11(2)4-3-7(5-11)14-10(16)8-6-13-15-9(8)12/h6-7H,3-5H2,1-2H3,(H,14,16)(H3,12,13,15). The van der Waals surface area contributed by atoms with E-state index < -0.39 is 0 Å². The van der Waals surface area contributed by atoms with E-state index in [9.17, 15) is 4.79 Å². The van der Waals surface area contributed by atoms with Crippen LogP contribution in [0.2, 0.25) is 0 Å². The molecule has 5 heteroatoms. The molecule has 2 rings (SSSR count). The molecule has 0 radical (unpaired) electrons. The van der Waals surface area contributed by atoms with Crippen LogP contribution in [0.15, 0.2) is 6.20 Å². The molecular weight excluding hydrogens is 204 g/mol. The summed E-state index contributed by atoms with van der Waals surface area (Å²) >= 11 is 0. The Labute approximate surface area is 94.8 Å². The molecule has 0 saturated heterocycles. The average molecular weight is 222 g/mol. The zero-order valence-electron chi connectivity index (χ0n) is 9.71. The molecule has 1 aliphatic rings. The number of aromatic amines is 1. The zero-order valence-corrected chi connectivity index (χ0v) is 9.71. The lowest BCUT2D eigenvalue weighted by Gasteiger charge is -2.17. The van der Waals surface area contributed by atoms with E-state index in [0.29, 0.717) is 16.8 Å². The molecule has 1 aromatic rings. The third-order valence-electron chi connectivity index (χ3n) is 3.22. The van der Waals surface area contributed by atoms with Crippen molar-refractivity contribution >= 4 is 11.7 Å². The minimum atomic E-state index is -0.131. The van der Waals surface area contributed by atoms with Gasteiger partial charge in [-0.15, -0.1) is 0 Å². The van der Waals surface area contributed by atoms with Gasteiger partial charge >= 0.3 is 0 Å². The van der Waals surface area contributed by atoms with Gasteiger partial charge in [-0.3, -0.25) is 9.89 Å². The van der Waals surface area contributed by atoms with Gasteiger partial charge in [-0.1, -0.05) is 13.8 Å². The quantitative estimate of drug-likeness (QED) is 0.705. The van der Waals surface area contributed by atoms with Crippen molar-refractivity contribution in [3.8, 4) is 0 Å². The van der Waals surface area contributed by atoms with Crippen LogP contribution < -0.4 is 11.1 Å². The average Bonchev–Trinajstić information content (AvgIpc) is 2.72. The number of nitrogen functional groups attached to an aromatic ring is 1. The first-order valence-corrected chi connectivity index (χ1v) is 5.58. The Bertz CT molecular complexity index is 396. The first-order chi connectivity index (χ1) is 7.48. The molecule has 1 atom stereocenters. The molecule has 16 heavy (non-hydrogen) atoms. The van der Waals surface area contributed by atoms with Crippen molar-refractivity contribution in [1.29, 1.82) is 0 Å². The maximum atomic E-state index is 11.8. The van der Waals surface area contributed by atoms with Crippen LogP contribution in [-0.4, -0.2) is 22.1 Å². The second-order valence-corrected chi connectivity index (χ2v) is 5.27. The van der Waals surface area contributed by atoms with Crippen molar-refractivity contribution in [1.82, 2.24) is 15.5 Å². The molecule has 1 heterocycles. The smallest absolute Gasteiger partial charge is 0.256 e. The van der Waals surface area contributed by atoms with Crippen LogP contribution in [0.1, 0.15) is 43.5 Å². The van der Waals surface area contributed by atoms with Crippen LogP contribution >= 0.6 is 0 Å². The summed E-state index contributed by atoms with van der Waals surface area (Å²) in [4.78, 5) is 11.8. The van der Waals surface area contributed by atoms with Gasteiger partial charge in [0.05, 0.1) is 6.20 Å². The minimum Gasteiger partial charge on any atom is -0.383 e. The van der Waals surface area contributed by atoms with Crippen LogP contribution in [0, 0.1) is 5.41 Å². The van der Waals surface area contributed by atoms with Crippen molar-refractivity contribution in [3.63, 3.8) is 0 Å². The first-order valence-electron chi connectivity index (χ1n) is 5.58. The molecular formula is C11H18N4O. The van der Waals surface area contributed by atoms with Gasteiger partial charge in [-0.25, -0.2) is 0 Å². The molecule has 4 N–H and O–H groups in total. The highest BCUT2D eigenvalue weighted by Gasteiger charge is 2.32. The lowest BCUT2D eigenvalue weighted by atomic mass is 9.92. The molecule has 0 bridgehead atoms. The van der Waals surface area contributed by atoms with Crippen LogP contribution in [0.5, 0.6) is 0 Å². The van der Waals surface area contributed by atoms with Gasteiger partial charge in [-0.05, 0) is 24.7 Å². The van der Waals surface area contributed by atoms with Crippen LogP contribution in [0.4, 0.5) is 5.82 Å². The maximum Gasteiger partial charge on any atom is 0.256 e. The van der Waals surface area contributed by atoms with E-state index in [1.807, 2.05) is 0 Å². The predicted molar refractivity (Wildman–Crippen MR) is 61.9 cm³/mol. The van der Waals surface area contributed by atoms with E-state index in [2.05, 4.69) is 29.4 Å². The normalized spacial score (nSPS) is 23.2. The summed E-state index contributed by atoms with van der Waals surface area (Å²) < 4.78 is 0. The van der Waals surface area contributed by atoms with Crippen molar-refractivity contribution in [3.05, 3.63) is 11.8 Å².